The number of halogens is 1. The predicted molar refractivity (Wildman–Crippen MR) is 80.3 cm³/mol. The molecule has 5 nitrogen and oxygen atoms in total. The summed E-state index contributed by atoms with van der Waals surface area (Å²) in [7, 11) is -5.55. The van der Waals surface area contributed by atoms with Crippen LogP contribution in [0.25, 0.3) is 0 Å². The van der Waals surface area contributed by atoms with Crippen molar-refractivity contribution in [3.63, 3.8) is 0 Å². The fourth-order valence-electron chi connectivity index (χ4n) is 1.55. The minimum Gasteiger partial charge on any atom is -0.229 e. The Morgan fingerprint density at radius 1 is 1.20 bits per heavy atom. The maximum absolute atomic E-state index is 12.3. The number of aryl methyl sites for hydroxylation is 1. The molecule has 0 saturated carbocycles. The van der Waals surface area contributed by atoms with Crippen LogP contribution in [0.1, 0.15) is 11.1 Å². The molecule has 1 rings (SSSR count). The molecule has 20 heavy (non-hydrogen) atoms. The molecule has 1 aromatic rings. The van der Waals surface area contributed by atoms with Crippen LogP contribution in [0.2, 0.25) is 0 Å². The van der Waals surface area contributed by atoms with Gasteiger partial charge in [0.2, 0.25) is 10.0 Å². The Kier molecular flexibility index (Phi) is 5.60. The highest BCUT2D eigenvalue weighted by Gasteiger charge is 2.22. The van der Waals surface area contributed by atoms with Crippen LogP contribution >= 0.6 is 11.6 Å². The van der Waals surface area contributed by atoms with Gasteiger partial charge in [0.25, 0.3) is 0 Å². The van der Waals surface area contributed by atoms with Gasteiger partial charge in [-0.05, 0) is 30.2 Å². The summed E-state index contributed by atoms with van der Waals surface area (Å²) in [5.41, 5.74) is 1.65. The average Bonchev–Trinajstić information content (AvgIpc) is 2.35. The molecule has 0 aliphatic rings. The van der Waals surface area contributed by atoms with E-state index in [4.69, 9.17) is 11.6 Å². The zero-order valence-electron chi connectivity index (χ0n) is 11.6. The van der Waals surface area contributed by atoms with E-state index in [0.717, 1.165) is 21.7 Å². The monoisotopic (exact) mass is 339 g/mol. The standard InChI is InChI=1S/C12H18ClNO4S2/c1-10-4-5-12(8-11(10)9-13)20(17,18)14(2)6-7-19(3,15)16/h4-5,8H,6-7,9H2,1-3H3. The Morgan fingerprint density at radius 3 is 2.30 bits per heavy atom. The number of rotatable bonds is 6. The van der Waals surface area contributed by atoms with Crippen molar-refractivity contribution in [1.82, 2.24) is 4.31 Å². The fourth-order valence-corrected chi connectivity index (χ4v) is 3.78. The molecule has 0 fully saturated rings. The van der Waals surface area contributed by atoms with Crippen molar-refractivity contribution < 1.29 is 16.8 Å². The van der Waals surface area contributed by atoms with E-state index >= 15 is 0 Å². The number of alkyl halides is 1. The molecule has 0 aliphatic heterocycles. The van der Waals surface area contributed by atoms with Gasteiger partial charge in [0.05, 0.1) is 10.6 Å². The van der Waals surface area contributed by atoms with E-state index < -0.39 is 19.9 Å². The lowest BCUT2D eigenvalue weighted by molar-refractivity contribution is 0.484. The Hall–Kier alpha value is -0.630. The van der Waals surface area contributed by atoms with Crippen LogP contribution in [0.4, 0.5) is 0 Å². The molecule has 0 atom stereocenters. The van der Waals surface area contributed by atoms with Gasteiger partial charge < -0.3 is 0 Å². The Labute approximate surface area is 125 Å². The molecule has 0 unspecified atom stereocenters. The Bertz CT molecular complexity index is 683. The average molecular weight is 340 g/mol. The molecular formula is C12H18ClNO4S2. The van der Waals surface area contributed by atoms with Crippen molar-refractivity contribution in [1.29, 1.82) is 0 Å². The van der Waals surface area contributed by atoms with Gasteiger partial charge in [-0.15, -0.1) is 11.6 Å². The molecule has 8 heteroatoms. The first-order valence-corrected chi connectivity index (χ1v) is 9.91. The second-order valence-electron chi connectivity index (χ2n) is 4.68. The van der Waals surface area contributed by atoms with E-state index in [-0.39, 0.29) is 23.1 Å². The first-order chi connectivity index (χ1) is 9.08. The summed E-state index contributed by atoms with van der Waals surface area (Å²) in [4.78, 5) is 0.120. The summed E-state index contributed by atoms with van der Waals surface area (Å²) in [5, 5.41) is 0. The largest absolute Gasteiger partial charge is 0.242 e. The quantitative estimate of drug-likeness (QED) is 0.734. The van der Waals surface area contributed by atoms with Crippen molar-refractivity contribution in [2.24, 2.45) is 0 Å². The van der Waals surface area contributed by atoms with Crippen LogP contribution in [-0.4, -0.2) is 46.7 Å². The maximum atomic E-state index is 12.3. The molecule has 0 saturated heterocycles. The van der Waals surface area contributed by atoms with Crippen LogP contribution in [0.3, 0.4) is 0 Å². The third-order valence-electron chi connectivity index (χ3n) is 2.95. The second-order valence-corrected chi connectivity index (χ2v) is 9.25. The Morgan fingerprint density at radius 2 is 1.80 bits per heavy atom. The van der Waals surface area contributed by atoms with Gasteiger partial charge in [0, 0.05) is 25.7 Å². The van der Waals surface area contributed by atoms with Crippen LogP contribution in [-0.2, 0) is 25.7 Å². The van der Waals surface area contributed by atoms with Crippen LogP contribution < -0.4 is 0 Å². The van der Waals surface area contributed by atoms with Crippen molar-refractivity contribution in [2.75, 3.05) is 25.6 Å². The van der Waals surface area contributed by atoms with Gasteiger partial charge in [-0.2, -0.15) is 4.31 Å². The molecular weight excluding hydrogens is 322 g/mol. The minimum absolute atomic E-state index is 0.0781. The van der Waals surface area contributed by atoms with E-state index in [1.54, 1.807) is 6.07 Å². The van der Waals surface area contributed by atoms with Crippen molar-refractivity contribution in [3.8, 4) is 0 Å². The number of sulfone groups is 1. The van der Waals surface area contributed by atoms with Gasteiger partial charge in [-0.3, -0.25) is 0 Å². The highest BCUT2D eigenvalue weighted by Crippen LogP contribution is 2.20. The summed E-state index contributed by atoms with van der Waals surface area (Å²) >= 11 is 5.77. The summed E-state index contributed by atoms with van der Waals surface area (Å²) in [6.07, 6.45) is 1.07. The fraction of sp³-hybridized carbons (Fsp3) is 0.500. The molecule has 114 valence electrons. The third-order valence-corrected chi connectivity index (χ3v) is 6.01. The Balaban J connectivity index is 3.04. The van der Waals surface area contributed by atoms with E-state index in [0.29, 0.717) is 0 Å². The number of nitrogens with zero attached hydrogens (tertiary/aromatic N) is 1. The topological polar surface area (TPSA) is 71.5 Å². The molecule has 0 spiro atoms. The zero-order chi connectivity index (χ0) is 15.6. The third kappa shape index (κ3) is 4.44. The second kappa shape index (κ2) is 6.43. The zero-order valence-corrected chi connectivity index (χ0v) is 14.0. The maximum Gasteiger partial charge on any atom is 0.242 e. The first kappa shape index (κ1) is 17.4. The van der Waals surface area contributed by atoms with Gasteiger partial charge in [-0.25, -0.2) is 16.8 Å². The van der Waals surface area contributed by atoms with E-state index in [9.17, 15) is 16.8 Å². The molecule has 0 aliphatic carbocycles. The van der Waals surface area contributed by atoms with Crippen LogP contribution in [0.5, 0.6) is 0 Å². The lowest BCUT2D eigenvalue weighted by Gasteiger charge is -2.17. The van der Waals surface area contributed by atoms with Gasteiger partial charge in [0.15, 0.2) is 0 Å². The van der Waals surface area contributed by atoms with Crippen LogP contribution in [0.15, 0.2) is 23.1 Å². The molecule has 1 aromatic carbocycles. The SMILES string of the molecule is Cc1ccc(S(=O)(=O)N(C)CCS(C)(=O)=O)cc1CCl. The minimum atomic E-state index is -3.70. The molecule has 0 bridgehead atoms. The van der Waals surface area contributed by atoms with Gasteiger partial charge in [-0.1, -0.05) is 6.07 Å². The van der Waals surface area contributed by atoms with Gasteiger partial charge >= 0.3 is 0 Å². The van der Waals surface area contributed by atoms with Crippen molar-refractivity contribution >= 4 is 31.5 Å². The summed E-state index contributed by atoms with van der Waals surface area (Å²) in [5.74, 6) is 0.0131. The van der Waals surface area contributed by atoms with Gasteiger partial charge in [0.1, 0.15) is 9.84 Å². The number of hydrogen-bond acceptors (Lipinski definition) is 4. The van der Waals surface area contributed by atoms with Crippen LogP contribution in [0, 0.1) is 6.92 Å². The van der Waals surface area contributed by atoms with Crippen molar-refractivity contribution in [3.05, 3.63) is 29.3 Å². The molecule has 0 amide bonds. The smallest absolute Gasteiger partial charge is 0.229 e. The number of hydrogen-bond donors (Lipinski definition) is 0. The first-order valence-electron chi connectivity index (χ1n) is 5.87. The molecule has 0 heterocycles. The summed E-state index contributed by atoms with van der Waals surface area (Å²) < 4.78 is 47.9. The van der Waals surface area contributed by atoms with E-state index in [1.807, 2.05) is 6.92 Å². The highest BCUT2D eigenvalue weighted by atomic mass is 35.5. The molecule has 0 N–H and O–H groups in total. The summed E-state index contributed by atoms with van der Waals surface area (Å²) in [6, 6.07) is 4.71. The lowest BCUT2D eigenvalue weighted by Crippen LogP contribution is -2.31. The normalized spacial score (nSPS) is 12.8. The summed E-state index contributed by atoms with van der Waals surface area (Å²) in [6.45, 7) is 1.77. The number of benzene rings is 1. The lowest BCUT2D eigenvalue weighted by atomic mass is 10.1. The van der Waals surface area contributed by atoms with E-state index in [1.165, 1.54) is 19.2 Å². The van der Waals surface area contributed by atoms with Crippen molar-refractivity contribution in [2.45, 2.75) is 17.7 Å². The number of sulfonamides is 1. The predicted octanol–water partition coefficient (Wildman–Crippen LogP) is 1.40. The highest BCUT2D eigenvalue weighted by molar-refractivity contribution is 7.91. The molecule has 0 radical (unpaired) electrons. The van der Waals surface area contributed by atoms with E-state index in [2.05, 4.69) is 0 Å². The molecule has 0 aromatic heterocycles.